The number of hydrogen-bond acceptors (Lipinski definition) is 5. The Hall–Kier alpha value is -3.16. The third kappa shape index (κ3) is 4.01. The van der Waals surface area contributed by atoms with Gasteiger partial charge in [-0.2, -0.15) is 0 Å². The molecule has 4 aromatic rings. The van der Waals surface area contributed by atoms with Crippen molar-refractivity contribution in [2.45, 2.75) is 16.3 Å². The molecule has 2 aromatic carbocycles. The number of hydrogen-bond donors (Lipinski definition) is 1. The summed E-state index contributed by atoms with van der Waals surface area (Å²) in [5, 5.41) is 4.02. The Morgan fingerprint density at radius 1 is 1.00 bits per heavy atom. The number of nitrogens with zero attached hydrogens (tertiary/aromatic N) is 1. The lowest BCUT2D eigenvalue weighted by Gasteiger charge is -2.07. The monoisotopic (exact) mass is 426 g/mol. The molecule has 0 aliphatic heterocycles. The molecular formula is C21H15ClN2O4S. The van der Waals surface area contributed by atoms with Crippen molar-refractivity contribution < 1.29 is 17.6 Å². The number of aromatic nitrogens is 1. The Bertz CT molecular complexity index is 1250. The van der Waals surface area contributed by atoms with Crippen LogP contribution in [0.5, 0.6) is 0 Å². The minimum atomic E-state index is -3.63. The summed E-state index contributed by atoms with van der Waals surface area (Å²) in [7, 11) is -3.63. The molecule has 2 heterocycles. The van der Waals surface area contributed by atoms with Crippen molar-refractivity contribution in [3.63, 3.8) is 0 Å². The van der Waals surface area contributed by atoms with Gasteiger partial charge in [0.25, 0.3) is 5.91 Å². The summed E-state index contributed by atoms with van der Waals surface area (Å²) in [6, 6.07) is 15.7. The molecule has 1 N–H and O–H groups in total. The van der Waals surface area contributed by atoms with Crippen molar-refractivity contribution in [2.24, 2.45) is 0 Å². The van der Waals surface area contributed by atoms with Crippen LogP contribution in [0.3, 0.4) is 0 Å². The van der Waals surface area contributed by atoms with Gasteiger partial charge in [0.05, 0.1) is 16.0 Å². The van der Waals surface area contributed by atoms with E-state index in [1.54, 1.807) is 36.7 Å². The molecule has 0 atom stereocenters. The fourth-order valence-corrected chi connectivity index (χ4v) is 4.19. The van der Waals surface area contributed by atoms with E-state index in [4.69, 9.17) is 16.0 Å². The van der Waals surface area contributed by atoms with Crippen molar-refractivity contribution >= 4 is 38.3 Å². The van der Waals surface area contributed by atoms with Gasteiger partial charge in [-0.25, -0.2) is 8.42 Å². The number of nitrogens with one attached hydrogen (secondary N) is 1. The number of pyridine rings is 1. The largest absolute Gasteiger partial charge is 0.449 e. The summed E-state index contributed by atoms with van der Waals surface area (Å²) in [5.41, 5.74) is 1.29. The first kappa shape index (κ1) is 19.2. The molecule has 0 unspecified atom stereocenters. The number of amides is 1. The van der Waals surface area contributed by atoms with Crippen LogP contribution in [0, 0.1) is 0 Å². The molecular weight excluding hydrogens is 412 g/mol. The second-order valence-electron chi connectivity index (χ2n) is 6.31. The standard InChI is InChI=1S/C21H15ClN2O4S/c22-16-3-7-18(8-4-16)29(26,27)17-5-1-14(2-6-17)12-24-21(25)19-11-15-9-10-23-13-20(15)28-19/h1-11,13H,12H2,(H,24,25). The molecule has 146 valence electrons. The molecule has 2 aromatic heterocycles. The molecule has 0 aliphatic carbocycles. The predicted octanol–water partition coefficient (Wildman–Crippen LogP) is 4.24. The number of benzene rings is 2. The van der Waals surface area contributed by atoms with E-state index >= 15 is 0 Å². The second kappa shape index (κ2) is 7.69. The van der Waals surface area contributed by atoms with Crippen molar-refractivity contribution in [3.8, 4) is 0 Å². The van der Waals surface area contributed by atoms with Crippen LogP contribution < -0.4 is 5.32 Å². The normalized spacial score (nSPS) is 11.5. The average molecular weight is 427 g/mol. The van der Waals surface area contributed by atoms with Crippen LogP contribution >= 0.6 is 11.6 Å². The maximum absolute atomic E-state index is 12.7. The van der Waals surface area contributed by atoms with E-state index in [-0.39, 0.29) is 28.0 Å². The van der Waals surface area contributed by atoms with Crippen molar-refractivity contribution in [1.29, 1.82) is 0 Å². The van der Waals surface area contributed by atoms with Crippen molar-refractivity contribution in [1.82, 2.24) is 10.3 Å². The summed E-state index contributed by atoms with van der Waals surface area (Å²) in [6.45, 7) is 0.232. The molecule has 0 aliphatic rings. The fraction of sp³-hybridized carbons (Fsp3) is 0.0476. The van der Waals surface area contributed by atoms with Crippen LogP contribution in [0.1, 0.15) is 16.1 Å². The van der Waals surface area contributed by atoms with Crippen LogP contribution in [-0.4, -0.2) is 19.3 Å². The third-order valence-corrected chi connectivity index (χ3v) is 6.39. The molecule has 0 radical (unpaired) electrons. The lowest BCUT2D eigenvalue weighted by molar-refractivity contribution is 0.0925. The summed E-state index contributed by atoms with van der Waals surface area (Å²) < 4.78 is 30.8. The zero-order chi connectivity index (χ0) is 20.4. The number of rotatable bonds is 5. The molecule has 8 heteroatoms. The van der Waals surface area contributed by atoms with Gasteiger partial charge in [-0.1, -0.05) is 23.7 Å². The number of sulfone groups is 1. The lowest BCUT2D eigenvalue weighted by atomic mass is 10.2. The number of carbonyl (C=O) groups is 1. The zero-order valence-corrected chi connectivity index (χ0v) is 16.6. The Morgan fingerprint density at radius 3 is 2.31 bits per heavy atom. The van der Waals surface area contributed by atoms with E-state index in [1.807, 2.05) is 0 Å². The zero-order valence-electron chi connectivity index (χ0n) is 15.0. The van der Waals surface area contributed by atoms with Crippen LogP contribution in [0.25, 0.3) is 11.0 Å². The number of fused-ring (bicyclic) bond motifs is 1. The minimum absolute atomic E-state index is 0.166. The summed E-state index contributed by atoms with van der Waals surface area (Å²) >= 11 is 5.82. The lowest BCUT2D eigenvalue weighted by Crippen LogP contribution is -2.22. The van der Waals surface area contributed by atoms with Crippen LogP contribution in [0.4, 0.5) is 0 Å². The first-order valence-corrected chi connectivity index (χ1v) is 10.5. The van der Waals surface area contributed by atoms with Crippen LogP contribution in [0.15, 0.2) is 87.3 Å². The highest BCUT2D eigenvalue weighted by atomic mass is 35.5. The minimum Gasteiger partial charge on any atom is -0.449 e. The SMILES string of the molecule is O=C(NCc1ccc(S(=O)(=O)c2ccc(Cl)cc2)cc1)c1cc2ccncc2o1. The van der Waals surface area contributed by atoms with Gasteiger partial charge in [0.15, 0.2) is 11.3 Å². The van der Waals surface area contributed by atoms with Gasteiger partial charge < -0.3 is 9.73 Å². The van der Waals surface area contributed by atoms with Gasteiger partial charge in [-0.3, -0.25) is 9.78 Å². The second-order valence-corrected chi connectivity index (χ2v) is 8.69. The Labute approximate surface area is 172 Å². The smallest absolute Gasteiger partial charge is 0.287 e. The number of halogens is 1. The average Bonchev–Trinajstić information content (AvgIpc) is 3.17. The molecule has 0 fully saturated rings. The molecule has 4 rings (SSSR count). The summed E-state index contributed by atoms with van der Waals surface area (Å²) in [5.74, 6) is -0.172. The quantitative estimate of drug-likeness (QED) is 0.515. The highest BCUT2D eigenvalue weighted by Crippen LogP contribution is 2.23. The van der Waals surface area contributed by atoms with Gasteiger partial charge in [-0.15, -0.1) is 0 Å². The fourth-order valence-electron chi connectivity index (χ4n) is 2.80. The molecule has 0 bridgehead atoms. The third-order valence-electron chi connectivity index (χ3n) is 4.36. The van der Waals surface area contributed by atoms with E-state index in [2.05, 4.69) is 10.3 Å². The van der Waals surface area contributed by atoms with E-state index in [9.17, 15) is 13.2 Å². The number of furan rings is 1. The molecule has 29 heavy (non-hydrogen) atoms. The van der Waals surface area contributed by atoms with Crippen molar-refractivity contribution in [3.05, 3.63) is 89.4 Å². The first-order valence-electron chi connectivity index (χ1n) is 8.65. The van der Waals surface area contributed by atoms with Gasteiger partial charge in [0.1, 0.15) is 0 Å². The van der Waals surface area contributed by atoms with Crippen molar-refractivity contribution in [2.75, 3.05) is 0 Å². The summed E-state index contributed by atoms with van der Waals surface area (Å²) in [6.07, 6.45) is 3.17. The molecule has 0 saturated heterocycles. The van der Waals surface area contributed by atoms with E-state index in [1.165, 1.54) is 36.4 Å². The highest BCUT2D eigenvalue weighted by molar-refractivity contribution is 7.91. The van der Waals surface area contributed by atoms with Gasteiger partial charge in [0.2, 0.25) is 9.84 Å². The highest BCUT2D eigenvalue weighted by Gasteiger charge is 2.17. The molecule has 0 spiro atoms. The molecule has 6 nitrogen and oxygen atoms in total. The van der Waals surface area contributed by atoms with Crippen LogP contribution in [0.2, 0.25) is 5.02 Å². The topological polar surface area (TPSA) is 89.3 Å². The maximum Gasteiger partial charge on any atom is 0.287 e. The Morgan fingerprint density at radius 2 is 1.66 bits per heavy atom. The molecule has 0 saturated carbocycles. The van der Waals surface area contributed by atoms with Crippen LogP contribution in [-0.2, 0) is 16.4 Å². The van der Waals surface area contributed by atoms with E-state index in [0.29, 0.717) is 10.6 Å². The van der Waals surface area contributed by atoms with Gasteiger partial charge >= 0.3 is 0 Å². The Balaban J connectivity index is 1.45. The molecule has 1 amide bonds. The maximum atomic E-state index is 12.7. The van der Waals surface area contributed by atoms with E-state index < -0.39 is 9.84 Å². The summed E-state index contributed by atoms with van der Waals surface area (Å²) in [4.78, 5) is 16.6. The van der Waals surface area contributed by atoms with Gasteiger partial charge in [0, 0.05) is 23.2 Å². The van der Waals surface area contributed by atoms with Gasteiger partial charge in [-0.05, 0) is 54.1 Å². The van der Waals surface area contributed by atoms with E-state index in [0.717, 1.165) is 10.9 Å². The number of carbonyl (C=O) groups excluding carboxylic acids is 1. The first-order chi connectivity index (χ1) is 13.9. The predicted molar refractivity (Wildman–Crippen MR) is 109 cm³/mol. The Kier molecular flexibility index (Phi) is 5.08.